The van der Waals surface area contributed by atoms with Crippen molar-refractivity contribution in [2.45, 2.75) is 18.6 Å². The van der Waals surface area contributed by atoms with Crippen LogP contribution in [0.25, 0.3) is 10.8 Å². The quantitative estimate of drug-likeness (QED) is 0.371. The van der Waals surface area contributed by atoms with E-state index in [0.717, 1.165) is 33.2 Å². The van der Waals surface area contributed by atoms with Crippen LogP contribution in [0.1, 0.15) is 22.6 Å². The second-order valence-corrected chi connectivity index (χ2v) is 7.93. The molecule has 0 spiro atoms. The topological polar surface area (TPSA) is 54.0 Å². The summed E-state index contributed by atoms with van der Waals surface area (Å²) in [7, 11) is 3.01. The number of fused-ring (bicyclic) bond motifs is 3. The summed E-state index contributed by atoms with van der Waals surface area (Å²) in [6.07, 6.45) is -0.816. The Morgan fingerprint density at radius 1 is 0.909 bits per heavy atom. The molecule has 2 unspecified atom stereocenters. The van der Waals surface area contributed by atoms with E-state index in [0.29, 0.717) is 18.1 Å². The van der Waals surface area contributed by atoms with Crippen molar-refractivity contribution in [2.75, 3.05) is 14.2 Å². The van der Waals surface area contributed by atoms with Gasteiger partial charge in [0, 0.05) is 5.56 Å². The molecule has 1 aliphatic heterocycles. The van der Waals surface area contributed by atoms with Gasteiger partial charge in [-0.3, -0.25) is 0 Å². The summed E-state index contributed by atoms with van der Waals surface area (Å²) in [4.78, 5) is 12.8. The minimum atomic E-state index is -0.816. The zero-order valence-electron chi connectivity index (χ0n) is 18.5. The van der Waals surface area contributed by atoms with Crippen LogP contribution in [-0.4, -0.2) is 26.3 Å². The Kier molecular flexibility index (Phi) is 5.61. The largest absolute Gasteiger partial charge is 0.497 e. The lowest BCUT2D eigenvalue weighted by Crippen LogP contribution is -2.30. The standard InChI is InChI=1S/C28H24O5/c1-30-21-14-12-19(13-15-21)24-25-22-11-7-6-10-20(22)16-23(26(25)33-27(24)28(29)31-2)32-17-18-8-4-3-5-9-18/h3-16,24,27H,17H2,1-2H3. The van der Waals surface area contributed by atoms with Crippen LogP contribution in [0, 0.1) is 0 Å². The van der Waals surface area contributed by atoms with E-state index in [2.05, 4.69) is 6.07 Å². The lowest BCUT2D eigenvalue weighted by molar-refractivity contribution is -0.148. The molecule has 0 amide bonds. The van der Waals surface area contributed by atoms with Crippen molar-refractivity contribution in [2.24, 2.45) is 0 Å². The molecule has 1 aliphatic rings. The van der Waals surface area contributed by atoms with Crippen molar-refractivity contribution < 1.29 is 23.7 Å². The third-order valence-corrected chi connectivity index (χ3v) is 6.01. The molecular weight excluding hydrogens is 416 g/mol. The fourth-order valence-electron chi connectivity index (χ4n) is 4.40. The summed E-state index contributed by atoms with van der Waals surface area (Å²) >= 11 is 0. The maximum absolute atomic E-state index is 12.8. The van der Waals surface area contributed by atoms with Crippen LogP contribution in [0.5, 0.6) is 17.2 Å². The molecule has 4 aromatic carbocycles. The highest BCUT2D eigenvalue weighted by atomic mass is 16.6. The Hall–Kier alpha value is -3.99. The molecule has 0 fully saturated rings. The molecule has 0 radical (unpaired) electrons. The smallest absolute Gasteiger partial charge is 0.348 e. The van der Waals surface area contributed by atoms with Crippen LogP contribution in [0.3, 0.4) is 0 Å². The van der Waals surface area contributed by atoms with Crippen LogP contribution in [0.4, 0.5) is 0 Å². The van der Waals surface area contributed by atoms with E-state index in [1.54, 1.807) is 7.11 Å². The number of rotatable bonds is 6. The molecule has 0 bridgehead atoms. The molecular formula is C28H24O5. The Morgan fingerprint density at radius 2 is 1.64 bits per heavy atom. The highest BCUT2D eigenvalue weighted by molar-refractivity contribution is 5.94. The SMILES string of the molecule is COC(=O)C1Oc2c(OCc3ccccc3)cc3ccccc3c2C1c1ccc(OC)cc1. The van der Waals surface area contributed by atoms with E-state index in [-0.39, 0.29) is 5.92 Å². The van der Waals surface area contributed by atoms with Gasteiger partial charge in [0.15, 0.2) is 11.5 Å². The summed E-state index contributed by atoms with van der Waals surface area (Å²) in [5, 5.41) is 2.04. The molecule has 1 heterocycles. The summed E-state index contributed by atoms with van der Waals surface area (Å²) in [5.74, 6) is 1.17. The van der Waals surface area contributed by atoms with Gasteiger partial charge in [-0.05, 0) is 40.1 Å². The summed E-state index contributed by atoms with van der Waals surface area (Å²) < 4.78 is 22.9. The van der Waals surface area contributed by atoms with E-state index in [1.807, 2.05) is 78.9 Å². The minimum absolute atomic E-state index is 0.344. The molecule has 0 N–H and O–H groups in total. The number of hydrogen-bond donors (Lipinski definition) is 0. The first-order chi connectivity index (χ1) is 16.2. The molecule has 33 heavy (non-hydrogen) atoms. The normalized spacial score (nSPS) is 16.7. The van der Waals surface area contributed by atoms with Gasteiger partial charge in [-0.1, -0.05) is 66.7 Å². The van der Waals surface area contributed by atoms with E-state index in [9.17, 15) is 4.79 Å². The first-order valence-corrected chi connectivity index (χ1v) is 10.8. The number of methoxy groups -OCH3 is 2. The summed E-state index contributed by atoms with van der Waals surface area (Å²) in [5.41, 5.74) is 2.92. The van der Waals surface area contributed by atoms with Gasteiger partial charge < -0.3 is 18.9 Å². The van der Waals surface area contributed by atoms with Gasteiger partial charge in [0.1, 0.15) is 12.4 Å². The number of benzene rings is 4. The zero-order valence-corrected chi connectivity index (χ0v) is 18.5. The Balaban J connectivity index is 1.65. The monoisotopic (exact) mass is 440 g/mol. The number of esters is 1. The van der Waals surface area contributed by atoms with Crippen LogP contribution >= 0.6 is 0 Å². The first kappa shape index (κ1) is 20.9. The molecule has 5 heteroatoms. The van der Waals surface area contributed by atoms with Crippen molar-refractivity contribution in [3.05, 3.63) is 102 Å². The maximum atomic E-state index is 12.8. The van der Waals surface area contributed by atoms with Crippen LogP contribution < -0.4 is 14.2 Å². The molecule has 0 saturated heterocycles. The average molecular weight is 440 g/mol. The Bertz CT molecular complexity index is 1280. The predicted molar refractivity (Wildman–Crippen MR) is 126 cm³/mol. The van der Waals surface area contributed by atoms with E-state index in [1.165, 1.54) is 7.11 Å². The van der Waals surface area contributed by atoms with Gasteiger partial charge >= 0.3 is 5.97 Å². The molecule has 0 saturated carbocycles. The molecule has 4 aromatic rings. The van der Waals surface area contributed by atoms with Crippen molar-refractivity contribution in [3.63, 3.8) is 0 Å². The van der Waals surface area contributed by atoms with Gasteiger partial charge in [-0.15, -0.1) is 0 Å². The van der Waals surface area contributed by atoms with Gasteiger partial charge in [0.2, 0.25) is 6.10 Å². The van der Waals surface area contributed by atoms with Crippen molar-refractivity contribution in [1.29, 1.82) is 0 Å². The number of hydrogen-bond acceptors (Lipinski definition) is 5. The lowest BCUT2D eigenvalue weighted by atomic mass is 9.85. The summed E-state index contributed by atoms with van der Waals surface area (Å²) in [6.45, 7) is 0.394. The van der Waals surface area contributed by atoms with Crippen LogP contribution in [0.2, 0.25) is 0 Å². The highest BCUT2D eigenvalue weighted by Crippen LogP contribution is 2.51. The number of carbonyl (C=O) groups is 1. The van der Waals surface area contributed by atoms with Gasteiger partial charge in [0.25, 0.3) is 0 Å². The van der Waals surface area contributed by atoms with E-state index >= 15 is 0 Å². The zero-order chi connectivity index (χ0) is 22.8. The third kappa shape index (κ3) is 3.87. The molecule has 5 rings (SSSR count). The first-order valence-electron chi connectivity index (χ1n) is 10.8. The predicted octanol–water partition coefficient (Wildman–Crippen LogP) is 5.49. The molecule has 166 valence electrons. The minimum Gasteiger partial charge on any atom is -0.497 e. The number of ether oxygens (including phenoxy) is 4. The Morgan fingerprint density at radius 3 is 2.36 bits per heavy atom. The van der Waals surface area contributed by atoms with Crippen LogP contribution in [-0.2, 0) is 16.1 Å². The van der Waals surface area contributed by atoms with Gasteiger partial charge in [0.05, 0.1) is 20.1 Å². The molecule has 2 atom stereocenters. The average Bonchev–Trinajstić information content (AvgIpc) is 3.28. The van der Waals surface area contributed by atoms with E-state index < -0.39 is 12.1 Å². The third-order valence-electron chi connectivity index (χ3n) is 6.01. The lowest BCUT2D eigenvalue weighted by Gasteiger charge is -2.18. The second-order valence-electron chi connectivity index (χ2n) is 7.93. The molecule has 0 aliphatic carbocycles. The summed E-state index contributed by atoms with van der Waals surface area (Å²) in [6, 6.07) is 27.7. The van der Waals surface area contributed by atoms with Crippen molar-refractivity contribution in [3.8, 4) is 17.2 Å². The molecule has 0 aromatic heterocycles. The second kappa shape index (κ2) is 8.87. The highest BCUT2D eigenvalue weighted by Gasteiger charge is 2.44. The number of carbonyl (C=O) groups excluding carboxylic acids is 1. The van der Waals surface area contributed by atoms with Gasteiger partial charge in [-0.2, -0.15) is 0 Å². The molecule has 5 nitrogen and oxygen atoms in total. The Labute approximate surface area is 192 Å². The van der Waals surface area contributed by atoms with E-state index in [4.69, 9.17) is 18.9 Å². The fraction of sp³-hybridized carbons (Fsp3) is 0.179. The fourth-order valence-corrected chi connectivity index (χ4v) is 4.40. The van der Waals surface area contributed by atoms with Gasteiger partial charge in [-0.25, -0.2) is 4.79 Å². The maximum Gasteiger partial charge on any atom is 0.348 e. The van der Waals surface area contributed by atoms with Crippen LogP contribution in [0.15, 0.2) is 84.9 Å². The van der Waals surface area contributed by atoms with Crippen molar-refractivity contribution >= 4 is 16.7 Å². The van der Waals surface area contributed by atoms with Crippen molar-refractivity contribution in [1.82, 2.24) is 0 Å².